The number of hydrogen-bond donors (Lipinski definition) is 0. The Balaban J connectivity index is 2.54. The van der Waals surface area contributed by atoms with E-state index in [1.807, 2.05) is 0 Å². The minimum absolute atomic E-state index is 0.225. The second-order valence-corrected chi connectivity index (χ2v) is 4.62. The third-order valence-corrected chi connectivity index (χ3v) is 3.51. The maximum atomic E-state index is 13.8. The number of hydrogen-bond acceptors (Lipinski definition) is 2. The number of benzene rings is 1. The molecule has 6 heteroatoms. The summed E-state index contributed by atoms with van der Waals surface area (Å²) in [5.74, 6) is -2.55. The number of nitrogens with zero attached hydrogens (tertiary/aromatic N) is 1. The molecule has 0 N–H and O–H groups in total. The Labute approximate surface area is 115 Å². The van der Waals surface area contributed by atoms with Gasteiger partial charge in [0, 0.05) is 10.7 Å². The van der Waals surface area contributed by atoms with E-state index in [-0.39, 0.29) is 10.6 Å². The van der Waals surface area contributed by atoms with Gasteiger partial charge in [-0.3, -0.25) is 4.79 Å². The number of carbonyl (C=O) groups excluding carboxylic acids is 1. The monoisotopic (exact) mass is 331 g/mol. The van der Waals surface area contributed by atoms with Crippen LogP contribution in [0.5, 0.6) is 0 Å². The molecule has 0 saturated heterocycles. The van der Waals surface area contributed by atoms with Crippen molar-refractivity contribution in [1.82, 2.24) is 4.98 Å². The van der Waals surface area contributed by atoms with E-state index in [0.29, 0.717) is 4.47 Å². The van der Waals surface area contributed by atoms with Gasteiger partial charge < -0.3 is 0 Å². The van der Waals surface area contributed by atoms with Crippen LogP contribution in [0.15, 0.2) is 34.9 Å². The molecule has 0 aliphatic carbocycles. The molecule has 1 aromatic heterocycles. The van der Waals surface area contributed by atoms with Gasteiger partial charge in [-0.15, -0.1) is 0 Å². The Morgan fingerprint density at radius 2 is 2.00 bits per heavy atom. The molecule has 1 heterocycles. The molecular formula is C12H5BrClF2NO. The zero-order chi connectivity index (χ0) is 13.3. The molecule has 2 aromatic rings. The minimum atomic E-state index is -0.902. The summed E-state index contributed by atoms with van der Waals surface area (Å²) in [6, 6.07) is 5.07. The van der Waals surface area contributed by atoms with Crippen LogP contribution in [0.25, 0.3) is 0 Å². The summed E-state index contributed by atoms with van der Waals surface area (Å²) >= 11 is 8.69. The van der Waals surface area contributed by atoms with Gasteiger partial charge in [0.2, 0.25) is 5.78 Å². The highest BCUT2D eigenvalue weighted by atomic mass is 79.9. The molecule has 0 radical (unpaired) electrons. The highest BCUT2D eigenvalue weighted by molar-refractivity contribution is 9.10. The molecular weight excluding hydrogens is 327 g/mol. The van der Waals surface area contributed by atoms with Crippen molar-refractivity contribution in [2.24, 2.45) is 0 Å². The van der Waals surface area contributed by atoms with Crippen LogP contribution >= 0.6 is 27.5 Å². The molecule has 0 atom stereocenters. The maximum absolute atomic E-state index is 13.8. The summed E-state index contributed by atoms with van der Waals surface area (Å²) in [7, 11) is 0. The average molecular weight is 333 g/mol. The fraction of sp³-hybridized carbons (Fsp3) is 0. The number of halogens is 4. The number of pyridine rings is 1. The quantitative estimate of drug-likeness (QED) is 0.614. The fourth-order valence-corrected chi connectivity index (χ4v) is 1.85. The van der Waals surface area contributed by atoms with Crippen molar-refractivity contribution in [1.29, 1.82) is 0 Å². The van der Waals surface area contributed by atoms with Crippen LogP contribution in [0.2, 0.25) is 5.02 Å². The first-order valence-electron chi connectivity index (χ1n) is 4.81. The van der Waals surface area contributed by atoms with Crippen molar-refractivity contribution in [3.05, 3.63) is 62.8 Å². The van der Waals surface area contributed by atoms with Crippen molar-refractivity contribution in [2.45, 2.75) is 0 Å². The van der Waals surface area contributed by atoms with E-state index in [1.54, 1.807) is 0 Å². The summed E-state index contributed by atoms with van der Waals surface area (Å²) in [6.45, 7) is 0. The molecule has 18 heavy (non-hydrogen) atoms. The third-order valence-electron chi connectivity index (χ3n) is 2.25. The predicted octanol–water partition coefficient (Wildman–Crippen LogP) is 4.01. The number of aromatic nitrogens is 1. The maximum Gasteiger partial charge on any atom is 0.217 e. The first-order valence-corrected chi connectivity index (χ1v) is 5.98. The van der Waals surface area contributed by atoms with Crippen molar-refractivity contribution < 1.29 is 13.6 Å². The van der Waals surface area contributed by atoms with Crippen LogP contribution in [0.3, 0.4) is 0 Å². The zero-order valence-electron chi connectivity index (χ0n) is 8.75. The normalized spacial score (nSPS) is 10.4. The van der Waals surface area contributed by atoms with Gasteiger partial charge in [0.25, 0.3) is 0 Å². The van der Waals surface area contributed by atoms with Gasteiger partial charge >= 0.3 is 0 Å². The van der Waals surface area contributed by atoms with Gasteiger partial charge in [-0.05, 0) is 40.2 Å². The van der Waals surface area contributed by atoms with Gasteiger partial charge in [-0.25, -0.2) is 13.8 Å². The van der Waals surface area contributed by atoms with Crippen molar-refractivity contribution >= 4 is 33.3 Å². The first-order chi connectivity index (χ1) is 8.52. The smallest absolute Gasteiger partial charge is 0.217 e. The highest BCUT2D eigenvalue weighted by Crippen LogP contribution is 2.28. The second-order valence-electron chi connectivity index (χ2n) is 3.39. The molecule has 1 aromatic carbocycles. The fourth-order valence-electron chi connectivity index (χ4n) is 1.38. The van der Waals surface area contributed by atoms with E-state index in [9.17, 15) is 13.6 Å². The topological polar surface area (TPSA) is 30.0 Å². The zero-order valence-corrected chi connectivity index (χ0v) is 11.1. The van der Waals surface area contributed by atoms with Crippen LogP contribution in [0.1, 0.15) is 16.1 Å². The van der Waals surface area contributed by atoms with E-state index in [2.05, 4.69) is 20.9 Å². The average Bonchev–Trinajstić information content (AvgIpc) is 2.36. The molecule has 0 aliphatic heterocycles. The van der Waals surface area contributed by atoms with Gasteiger partial charge in [0.15, 0.2) is 11.6 Å². The van der Waals surface area contributed by atoms with Crippen LogP contribution in [0.4, 0.5) is 8.78 Å². The van der Waals surface area contributed by atoms with Gasteiger partial charge in [0.1, 0.15) is 5.69 Å². The molecule has 2 rings (SSSR count). The summed E-state index contributed by atoms with van der Waals surface area (Å²) in [4.78, 5) is 15.5. The van der Waals surface area contributed by atoms with E-state index >= 15 is 0 Å². The largest absolute Gasteiger partial charge is 0.287 e. The van der Waals surface area contributed by atoms with E-state index in [4.69, 9.17) is 11.6 Å². The van der Waals surface area contributed by atoms with Crippen molar-refractivity contribution in [3.8, 4) is 0 Å². The molecule has 0 fully saturated rings. The lowest BCUT2D eigenvalue weighted by Crippen LogP contribution is -2.09. The molecule has 2 nitrogen and oxygen atoms in total. The van der Waals surface area contributed by atoms with Crippen molar-refractivity contribution in [2.75, 3.05) is 0 Å². The summed E-state index contributed by atoms with van der Waals surface area (Å²) in [5, 5.41) is -0.225. The van der Waals surface area contributed by atoms with Crippen molar-refractivity contribution in [3.63, 3.8) is 0 Å². The second kappa shape index (κ2) is 5.12. The van der Waals surface area contributed by atoms with Gasteiger partial charge in [0.05, 0.1) is 10.6 Å². The lowest BCUT2D eigenvalue weighted by molar-refractivity contribution is 0.102. The van der Waals surface area contributed by atoms with Crippen LogP contribution in [0, 0.1) is 11.6 Å². The standard InChI is InChI=1S/C12H5BrClF2NO/c13-7-4-3-6(10(16)9(7)14)12(18)11-8(15)2-1-5-17-11/h1-5H. The Morgan fingerprint density at radius 3 is 2.67 bits per heavy atom. The molecule has 0 spiro atoms. The third kappa shape index (κ3) is 2.28. The Bertz CT molecular complexity index is 633. The Kier molecular flexibility index (Phi) is 3.73. The summed E-state index contributed by atoms with van der Waals surface area (Å²) in [6.07, 6.45) is 1.26. The van der Waals surface area contributed by atoms with Gasteiger partial charge in [-0.1, -0.05) is 11.6 Å². The number of carbonyl (C=O) groups is 1. The Morgan fingerprint density at radius 1 is 1.28 bits per heavy atom. The lowest BCUT2D eigenvalue weighted by Gasteiger charge is -2.05. The molecule has 0 aliphatic rings. The SMILES string of the molecule is O=C(c1ccc(Br)c(Cl)c1F)c1ncccc1F. The molecule has 0 saturated carbocycles. The number of rotatable bonds is 2. The molecule has 0 bridgehead atoms. The predicted molar refractivity (Wildman–Crippen MR) is 66.7 cm³/mol. The highest BCUT2D eigenvalue weighted by Gasteiger charge is 2.21. The van der Waals surface area contributed by atoms with Crippen LogP contribution in [-0.2, 0) is 0 Å². The Hall–Kier alpha value is -1.33. The van der Waals surface area contributed by atoms with Gasteiger partial charge in [-0.2, -0.15) is 0 Å². The molecule has 0 unspecified atom stereocenters. The van der Waals surface area contributed by atoms with Crippen LogP contribution in [-0.4, -0.2) is 10.8 Å². The van der Waals surface area contributed by atoms with E-state index in [1.165, 1.54) is 24.4 Å². The number of ketones is 1. The lowest BCUT2D eigenvalue weighted by atomic mass is 10.1. The summed E-state index contributed by atoms with van der Waals surface area (Å²) < 4.78 is 27.5. The minimum Gasteiger partial charge on any atom is -0.287 e. The summed E-state index contributed by atoms with van der Waals surface area (Å²) in [5.41, 5.74) is -0.754. The first kappa shape index (κ1) is 13.1. The molecule has 92 valence electrons. The van der Waals surface area contributed by atoms with Crippen LogP contribution < -0.4 is 0 Å². The van der Waals surface area contributed by atoms with E-state index in [0.717, 1.165) is 6.07 Å². The van der Waals surface area contributed by atoms with E-state index < -0.39 is 23.1 Å². The molecule has 0 amide bonds.